The highest BCUT2D eigenvalue weighted by Crippen LogP contribution is 2.04. The van der Waals surface area contributed by atoms with Crippen molar-refractivity contribution in [1.29, 1.82) is 0 Å². The first kappa shape index (κ1) is 14.7. The molecule has 0 aliphatic carbocycles. The average molecular weight is 274 g/mol. The zero-order valence-corrected chi connectivity index (χ0v) is 11.7. The Balaban J connectivity index is 2.61. The van der Waals surface area contributed by atoms with Crippen molar-refractivity contribution in [2.24, 2.45) is 0 Å². The van der Waals surface area contributed by atoms with Crippen LogP contribution in [0.2, 0.25) is 0 Å². The van der Waals surface area contributed by atoms with Crippen LogP contribution in [0.5, 0.6) is 0 Å². The number of hydrogen-bond donors (Lipinski definition) is 3. The fraction of sp³-hybridized carbons (Fsp3) is 0.600. The van der Waals surface area contributed by atoms with E-state index in [1.54, 1.807) is 6.92 Å². The summed E-state index contributed by atoms with van der Waals surface area (Å²) in [6, 6.07) is 0. The lowest BCUT2D eigenvalue weighted by atomic mass is 10.1. The van der Waals surface area contributed by atoms with Gasteiger partial charge in [-0.25, -0.2) is 18.1 Å². The Kier molecular flexibility index (Phi) is 4.12. The third-order valence-electron chi connectivity index (χ3n) is 1.91. The van der Waals surface area contributed by atoms with Gasteiger partial charge in [-0.15, -0.1) is 0 Å². The third kappa shape index (κ3) is 4.46. The second-order valence-electron chi connectivity index (χ2n) is 4.96. The predicted octanol–water partition coefficient (Wildman–Crippen LogP) is -0.0889. The molecule has 1 aromatic rings. The molecule has 0 fully saturated rings. The minimum absolute atomic E-state index is 0.0523. The molecule has 18 heavy (non-hydrogen) atoms. The first-order valence-corrected chi connectivity index (χ1v) is 6.91. The Bertz CT molecular complexity index is 528. The SMILES string of the molecule is Cc1ncc(S(=O)(=O)NCC(=O)NC(C)(C)C)[nH]1. The van der Waals surface area contributed by atoms with E-state index in [1.165, 1.54) is 6.20 Å². The van der Waals surface area contributed by atoms with Gasteiger partial charge >= 0.3 is 0 Å². The molecule has 1 rings (SSSR count). The van der Waals surface area contributed by atoms with E-state index in [1.807, 2.05) is 20.8 Å². The van der Waals surface area contributed by atoms with Crippen LogP contribution in [0.25, 0.3) is 0 Å². The van der Waals surface area contributed by atoms with Crippen LogP contribution in [-0.4, -0.2) is 36.4 Å². The summed E-state index contributed by atoms with van der Waals surface area (Å²) in [5.41, 5.74) is -0.396. The lowest BCUT2D eigenvalue weighted by molar-refractivity contribution is -0.121. The summed E-state index contributed by atoms with van der Waals surface area (Å²) in [4.78, 5) is 17.9. The Hall–Kier alpha value is -1.41. The molecule has 0 atom stereocenters. The van der Waals surface area contributed by atoms with Crippen LogP contribution in [0.3, 0.4) is 0 Å². The van der Waals surface area contributed by atoms with Gasteiger partial charge in [0, 0.05) is 5.54 Å². The molecule has 0 bridgehead atoms. The Morgan fingerprint density at radius 1 is 1.44 bits per heavy atom. The van der Waals surface area contributed by atoms with Gasteiger partial charge in [0.2, 0.25) is 5.91 Å². The molecule has 7 nitrogen and oxygen atoms in total. The van der Waals surface area contributed by atoms with Crippen molar-refractivity contribution in [2.75, 3.05) is 6.54 Å². The second kappa shape index (κ2) is 5.07. The Morgan fingerprint density at radius 3 is 2.50 bits per heavy atom. The summed E-state index contributed by atoms with van der Waals surface area (Å²) in [6.45, 7) is 6.79. The first-order chi connectivity index (χ1) is 8.10. The predicted molar refractivity (Wildman–Crippen MR) is 66.4 cm³/mol. The zero-order valence-electron chi connectivity index (χ0n) is 10.9. The second-order valence-corrected chi connectivity index (χ2v) is 6.69. The Labute approximate surface area is 106 Å². The molecular formula is C10H18N4O3S. The topological polar surface area (TPSA) is 104 Å². The lowest BCUT2D eigenvalue weighted by Gasteiger charge is -2.20. The van der Waals surface area contributed by atoms with Crippen molar-refractivity contribution >= 4 is 15.9 Å². The van der Waals surface area contributed by atoms with Crippen LogP contribution < -0.4 is 10.0 Å². The monoisotopic (exact) mass is 274 g/mol. The van der Waals surface area contributed by atoms with Crippen molar-refractivity contribution in [3.8, 4) is 0 Å². The van der Waals surface area contributed by atoms with Crippen LogP contribution in [-0.2, 0) is 14.8 Å². The summed E-state index contributed by atoms with van der Waals surface area (Å²) in [7, 11) is -3.72. The number of aryl methyl sites for hydroxylation is 1. The molecule has 0 saturated heterocycles. The normalized spacial score (nSPS) is 12.4. The number of nitrogens with zero attached hydrogens (tertiary/aromatic N) is 1. The summed E-state index contributed by atoms with van der Waals surface area (Å²) >= 11 is 0. The minimum Gasteiger partial charge on any atom is -0.350 e. The van der Waals surface area contributed by atoms with Gasteiger partial charge in [0.25, 0.3) is 10.0 Å². The van der Waals surface area contributed by atoms with E-state index in [0.29, 0.717) is 5.82 Å². The fourth-order valence-corrected chi connectivity index (χ4v) is 2.19. The van der Waals surface area contributed by atoms with Gasteiger partial charge in [-0.2, -0.15) is 0 Å². The van der Waals surface area contributed by atoms with Gasteiger partial charge in [0.15, 0.2) is 5.03 Å². The highest BCUT2D eigenvalue weighted by atomic mass is 32.2. The van der Waals surface area contributed by atoms with Gasteiger partial charge in [-0.1, -0.05) is 0 Å². The maximum absolute atomic E-state index is 11.8. The molecular weight excluding hydrogens is 256 g/mol. The van der Waals surface area contributed by atoms with Crippen molar-refractivity contribution in [2.45, 2.75) is 38.3 Å². The molecule has 0 radical (unpaired) electrons. The van der Waals surface area contributed by atoms with Crippen molar-refractivity contribution < 1.29 is 13.2 Å². The van der Waals surface area contributed by atoms with Gasteiger partial charge in [-0.3, -0.25) is 4.79 Å². The van der Waals surface area contributed by atoms with E-state index in [9.17, 15) is 13.2 Å². The number of nitrogens with one attached hydrogen (secondary N) is 3. The van der Waals surface area contributed by atoms with Crippen molar-refractivity contribution in [3.63, 3.8) is 0 Å². The minimum atomic E-state index is -3.72. The standard InChI is InChI=1S/C10H18N4O3S/c1-7-11-6-9(13-7)18(16,17)12-5-8(15)14-10(2,3)4/h6,12H,5H2,1-4H3,(H,11,13)(H,14,15). The van der Waals surface area contributed by atoms with Gasteiger partial charge in [0.05, 0.1) is 12.7 Å². The molecule has 1 heterocycles. The number of rotatable bonds is 4. The maximum Gasteiger partial charge on any atom is 0.258 e. The number of hydrogen-bond acceptors (Lipinski definition) is 4. The summed E-state index contributed by atoms with van der Waals surface area (Å²) in [5.74, 6) is 0.108. The number of aromatic nitrogens is 2. The zero-order chi connectivity index (χ0) is 14.0. The van der Waals surface area contributed by atoms with Crippen LogP contribution in [0.4, 0.5) is 0 Å². The summed E-state index contributed by atoms with van der Waals surface area (Å²) in [6.07, 6.45) is 1.21. The van der Waals surface area contributed by atoms with Crippen LogP contribution >= 0.6 is 0 Å². The van der Waals surface area contributed by atoms with Crippen LogP contribution in [0.1, 0.15) is 26.6 Å². The number of imidazole rings is 1. The van der Waals surface area contributed by atoms with E-state index < -0.39 is 15.6 Å². The number of H-pyrrole nitrogens is 1. The highest BCUT2D eigenvalue weighted by Gasteiger charge is 2.19. The number of amides is 1. The van der Waals surface area contributed by atoms with Crippen LogP contribution in [0, 0.1) is 6.92 Å². The van der Waals surface area contributed by atoms with Gasteiger partial charge in [-0.05, 0) is 27.7 Å². The third-order valence-corrected chi connectivity index (χ3v) is 3.22. The number of sulfonamides is 1. The largest absolute Gasteiger partial charge is 0.350 e. The molecule has 1 aromatic heterocycles. The van der Waals surface area contributed by atoms with Gasteiger partial charge < -0.3 is 10.3 Å². The molecule has 0 aromatic carbocycles. The molecule has 3 N–H and O–H groups in total. The van der Waals surface area contributed by atoms with Crippen molar-refractivity contribution in [1.82, 2.24) is 20.0 Å². The number of carbonyl (C=O) groups excluding carboxylic acids is 1. The molecule has 8 heteroatoms. The molecule has 1 amide bonds. The summed E-state index contributed by atoms with van der Waals surface area (Å²) in [5, 5.41) is 2.60. The fourth-order valence-electron chi connectivity index (χ4n) is 1.24. The van der Waals surface area contributed by atoms with E-state index >= 15 is 0 Å². The quantitative estimate of drug-likeness (QED) is 0.713. The molecule has 0 unspecified atom stereocenters. The van der Waals surface area contributed by atoms with E-state index in [-0.39, 0.29) is 17.5 Å². The molecule has 0 spiro atoms. The van der Waals surface area contributed by atoms with E-state index in [4.69, 9.17) is 0 Å². The number of carbonyl (C=O) groups is 1. The molecule has 0 aliphatic heterocycles. The highest BCUT2D eigenvalue weighted by molar-refractivity contribution is 7.89. The Morgan fingerprint density at radius 2 is 2.06 bits per heavy atom. The maximum atomic E-state index is 11.8. The molecule has 102 valence electrons. The van der Waals surface area contributed by atoms with Crippen LogP contribution in [0.15, 0.2) is 11.2 Å². The summed E-state index contributed by atoms with van der Waals surface area (Å²) < 4.78 is 25.7. The smallest absolute Gasteiger partial charge is 0.258 e. The van der Waals surface area contributed by atoms with E-state index in [2.05, 4.69) is 20.0 Å². The number of aromatic amines is 1. The average Bonchev–Trinajstić information content (AvgIpc) is 2.60. The first-order valence-electron chi connectivity index (χ1n) is 5.42. The molecule has 0 aliphatic rings. The van der Waals surface area contributed by atoms with Gasteiger partial charge in [0.1, 0.15) is 5.82 Å². The lowest BCUT2D eigenvalue weighted by Crippen LogP contribution is -2.45. The van der Waals surface area contributed by atoms with E-state index in [0.717, 1.165) is 0 Å². The molecule has 0 saturated carbocycles. The van der Waals surface area contributed by atoms with Crippen molar-refractivity contribution in [3.05, 3.63) is 12.0 Å².